The van der Waals surface area contributed by atoms with E-state index in [1.54, 1.807) is 22.3 Å². The van der Waals surface area contributed by atoms with Crippen LogP contribution in [0.3, 0.4) is 0 Å². The molecule has 8 nitrogen and oxygen atoms in total. The first-order valence-electron chi connectivity index (χ1n) is 7.55. The van der Waals surface area contributed by atoms with Crippen LogP contribution in [0.15, 0.2) is 34.8 Å². The minimum absolute atomic E-state index is 0.109. The molecule has 0 saturated carbocycles. The minimum Gasteiger partial charge on any atom is -0.323 e. The lowest BCUT2D eigenvalue weighted by Crippen LogP contribution is -2.27. The molecule has 4 aromatic rings. The van der Waals surface area contributed by atoms with Crippen LogP contribution < -0.4 is 10.9 Å². The zero-order valence-electron chi connectivity index (χ0n) is 13.6. The van der Waals surface area contributed by atoms with Crippen molar-refractivity contribution in [3.05, 3.63) is 46.1 Å². The normalized spacial score (nSPS) is 11.3. The lowest BCUT2D eigenvalue weighted by Gasteiger charge is -2.07. The van der Waals surface area contributed by atoms with Gasteiger partial charge in [-0.2, -0.15) is 5.10 Å². The fourth-order valence-electron chi connectivity index (χ4n) is 2.74. The van der Waals surface area contributed by atoms with E-state index in [9.17, 15) is 9.59 Å². The number of thiophene rings is 1. The lowest BCUT2D eigenvalue weighted by molar-refractivity contribution is -0.116. The molecule has 0 aliphatic heterocycles. The minimum atomic E-state index is -0.318. The Morgan fingerprint density at radius 3 is 3.00 bits per heavy atom. The number of nitrogens with zero attached hydrogens (tertiary/aromatic N) is 5. The zero-order valence-corrected chi connectivity index (χ0v) is 14.4. The molecule has 25 heavy (non-hydrogen) atoms. The highest BCUT2D eigenvalue weighted by Gasteiger charge is 2.11. The van der Waals surface area contributed by atoms with Crippen molar-refractivity contribution in [2.45, 2.75) is 13.5 Å². The SMILES string of the molecule is Cc1nn(C)c2ncc(NC(=O)Cn3cnc4sccc4c3=O)cc12. The first-order chi connectivity index (χ1) is 12.0. The number of amides is 1. The van der Waals surface area contributed by atoms with Crippen molar-refractivity contribution in [1.29, 1.82) is 0 Å². The van der Waals surface area contributed by atoms with Crippen molar-refractivity contribution >= 4 is 44.2 Å². The average molecular weight is 354 g/mol. The van der Waals surface area contributed by atoms with Crippen molar-refractivity contribution in [3.63, 3.8) is 0 Å². The second-order valence-corrected chi connectivity index (χ2v) is 6.56. The number of fused-ring (bicyclic) bond motifs is 2. The van der Waals surface area contributed by atoms with Gasteiger partial charge in [0.15, 0.2) is 5.65 Å². The molecule has 0 saturated heterocycles. The number of aromatic nitrogens is 5. The van der Waals surface area contributed by atoms with E-state index in [0.717, 1.165) is 16.7 Å². The third-order valence-electron chi connectivity index (χ3n) is 3.91. The molecular weight excluding hydrogens is 340 g/mol. The summed E-state index contributed by atoms with van der Waals surface area (Å²) in [6.45, 7) is 1.78. The van der Waals surface area contributed by atoms with Crippen LogP contribution in [0.25, 0.3) is 21.3 Å². The van der Waals surface area contributed by atoms with Gasteiger partial charge in [0.05, 0.1) is 29.3 Å². The molecule has 9 heteroatoms. The Balaban J connectivity index is 1.58. The fourth-order valence-corrected chi connectivity index (χ4v) is 3.46. The fraction of sp³-hybridized carbons (Fsp3) is 0.188. The Labute approximate surface area is 145 Å². The Hall–Kier alpha value is -3.07. The van der Waals surface area contributed by atoms with E-state index in [4.69, 9.17) is 0 Å². The molecule has 0 fully saturated rings. The number of carbonyl (C=O) groups excluding carboxylic acids is 1. The van der Waals surface area contributed by atoms with Gasteiger partial charge < -0.3 is 5.32 Å². The van der Waals surface area contributed by atoms with E-state index in [2.05, 4.69) is 20.4 Å². The lowest BCUT2D eigenvalue weighted by atomic mass is 10.2. The summed E-state index contributed by atoms with van der Waals surface area (Å²) < 4.78 is 2.99. The molecular formula is C16H14N6O2S. The molecule has 4 heterocycles. The third-order valence-corrected chi connectivity index (χ3v) is 4.73. The zero-order chi connectivity index (χ0) is 17.6. The summed E-state index contributed by atoms with van der Waals surface area (Å²) in [7, 11) is 1.82. The van der Waals surface area contributed by atoms with Crippen molar-refractivity contribution < 1.29 is 4.79 Å². The van der Waals surface area contributed by atoms with Crippen molar-refractivity contribution in [2.24, 2.45) is 7.05 Å². The van der Waals surface area contributed by atoms with Gasteiger partial charge >= 0.3 is 0 Å². The number of rotatable bonds is 3. The quantitative estimate of drug-likeness (QED) is 0.604. The van der Waals surface area contributed by atoms with Gasteiger partial charge in [0.1, 0.15) is 11.4 Å². The highest BCUT2D eigenvalue weighted by atomic mass is 32.1. The van der Waals surface area contributed by atoms with E-state index >= 15 is 0 Å². The van der Waals surface area contributed by atoms with Crippen LogP contribution in [0, 0.1) is 6.92 Å². The van der Waals surface area contributed by atoms with Gasteiger partial charge in [-0.25, -0.2) is 9.97 Å². The molecule has 4 aromatic heterocycles. The van der Waals surface area contributed by atoms with Gasteiger partial charge in [-0.1, -0.05) is 0 Å². The van der Waals surface area contributed by atoms with E-state index in [0.29, 0.717) is 15.9 Å². The molecule has 0 aliphatic rings. The van der Waals surface area contributed by atoms with Gasteiger partial charge in [0.25, 0.3) is 5.56 Å². The van der Waals surface area contributed by atoms with E-state index in [1.165, 1.54) is 22.2 Å². The Morgan fingerprint density at radius 2 is 2.16 bits per heavy atom. The number of hydrogen-bond donors (Lipinski definition) is 1. The molecule has 0 spiro atoms. The predicted octanol–water partition coefficient (Wildman–Crippen LogP) is 1.69. The highest BCUT2D eigenvalue weighted by molar-refractivity contribution is 7.16. The molecule has 4 rings (SSSR count). The van der Waals surface area contributed by atoms with Crippen molar-refractivity contribution in [2.75, 3.05) is 5.32 Å². The summed E-state index contributed by atoms with van der Waals surface area (Å²) in [5.74, 6) is -0.318. The number of anilines is 1. The number of carbonyl (C=O) groups is 1. The molecule has 1 N–H and O–H groups in total. The number of pyridine rings is 1. The van der Waals surface area contributed by atoms with Gasteiger partial charge in [-0.3, -0.25) is 18.8 Å². The molecule has 0 bridgehead atoms. The molecule has 0 atom stereocenters. The maximum absolute atomic E-state index is 12.3. The number of nitrogens with one attached hydrogen (secondary N) is 1. The van der Waals surface area contributed by atoms with Crippen molar-refractivity contribution in [1.82, 2.24) is 24.3 Å². The van der Waals surface area contributed by atoms with Crippen molar-refractivity contribution in [3.8, 4) is 0 Å². The number of aryl methyl sites for hydroxylation is 2. The Bertz CT molecular complexity index is 1170. The average Bonchev–Trinajstić information content (AvgIpc) is 3.16. The van der Waals surface area contributed by atoms with Crippen LogP contribution in [-0.2, 0) is 18.4 Å². The van der Waals surface area contributed by atoms with Gasteiger partial charge in [0, 0.05) is 12.4 Å². The summed E-state index contributed by atoms with van der Waals surface area (Å²) in [6.07, 6.45) is 2.97. The molecule has 0 aromatic carbocycles. The van der Waals surface area contributed by atoms with Crippen LogP contribution in [0.4, 0.5) is 5.69 Å². The molecule has 0 aliphatic carbocycles. The van der Waals surface area contributed by atoms with E-state index in [1.807, 2.05) is 20.0 Å². The monoisotopic (exact) mass is 354 g/mol. The second kappa shape index (κ2) is 5.78. The first-order valence-corrected chi connectivity index (χ1v) is 8.43. The maximum Gasteiger partial charge on any atom is 0.262 e. The van der Waals surface area contributed by atoms with Gasteiger partial charge in [-0.15, -0.1) is 11.3 Å². The Kier molecular flexibility index (Phi) is 3.57. The van der Waals surface area contributed by atoms with E-state index < -0.39 is 0 Å². The smallest absolute Gasteiger partial charge is 0.262 e. The summed E-state index contributed by atoms with van der Waals surface area (Å²) in [6, 6.07) is 3.54. The summed E-state index contributed by atoms with van der Waals surface area (Å²) in [5.41, 5.74) is 1.92. The third kappa shape index (κ3) is 2.68. The number of hydrogen-bond acceptors (Lipinski definition) is 6. The summed E-state index contributed by atoms with van der Waals surface area (Å²) in [4.78, 5) is 33.8. The van der Waals surface area contributed by atoms with Crippen LogP contribution in [0.2, 0.25) is 0 Å². The first kappa shape index (κ1) is 15.5. The molecule has 1 amide bonds. The highest BCUT2D eigenvalue weighted by Crippen LogP contribution is 2.19. The predicted molar refractivity (Wildman–Crippen MR) is 95.8 cm³/mol. The van der Waals surface area contributed by atoms with Crippen LogP contribution >= 0.6 is 11.3 Å². The topological polar surface area (TPSA) is 94.7 Å². The van der Waals surface area contributed by atoms with E-state index in [-0.39, 0.29) is 18.0 Å². The maximum atomic E-state index is 12.3. The largest absolute Gasteiger partial charge is 0.323 e. The summed E-state index contributed by atoms with van der Waals surface area (Å²) >= 11 is 1.39. The molecule has 0 radical (unpaired) electrons. The summed E-state index contributed by atoms with van der Waals surface area (Å²) in [5, 5.41) is 10.3. The second-order valence-electron chi connectivity index (χ2n) is 5.67. The van der Waals surface area contributed by atoms with Gasteiger partial charge in [-0.05, 0) is 24.4 Å². The van der Waals surface area contributed by atoms with Gasteiger partial charge in [0.2, 0.25) is 5.91 Å². The molecule has 126 valence electrons. The van der Waals surface area contributed by atoms with Crippen LogP contribution in [0.5, 0.6) is 0 Å². The Morgan fingerprint density at radius 1 is 1.32 bits per heavy atom. The molecule has 0 unspecified atom stereocenters. The standard InChI is InChI=1S/C16H14N6O2S/c1-9-12-5-10(6-17-14(12)21(2)20-9)19-13(23)7-22-8-18-15-11(16(22)24)3-4-25-15/h3-6,8H,7H2,1-2H3,(H,19,23). The van der Waals surface area contributed by atoms with Crippen LogP contribution in [0.1, 0.15) is 5.69 Å². The van der Waals surface area contributed by atoms with Crippen LogP contribution in [-0.4, -0.2) is 30.2 Å².